The number of thiophene rings is 3. The third kappa shape index (κ3) is 3.31. The normalized spacial score (nSPS) is 12.0. The SMILES string of the molecule is Nc1c(C(=O)c2ccc(Br)s2)sc2nc(-c3cccs3)cc(C(F)(F)F)c12. The molecule has 10 heteroatoms. The van der Waals surface area contributed by atoms with E-state index in [4.69, 9.17) is 5.73 Å². The Balaban J connectivity index is 1.96. The Hall–Kier alpha value is -1.75. The number of ketones is 1. The summed E-state index contributed by atoms with van der Waals surface area (Å²) in [4.78, 5) is 18.3. The number of anilines is 1. The Morgan fingerprint density at radius 3 is 2.56 bits per heavy atom. The van der Waals surface area contributed by atoms with Gasteiger partial charge in [0.15, 0.2) is 0 Å². The molecule has 0 unspecified atom stereocenters. The molecule has 0 aliphatic rings. The molecule has 4 heterocycles. The predicted molar refractivity (Wildman–Crippen MR) is 108 cm³/mol. The largest absolute Gasteiger partial charge is 0.417 e. The molecule has 0 radical (unpaired) electrons. The van der Waals surface area contributed by atoms with Gasteiger partial charge < -0.3 is 5.73 Å². The number of hydrogen-bond donors (Lipinski definition) is 1. The van der Waals surface area contributed by atoms with Crippen LogP contribution in [0.5, 0.6) is 0 Å². The van der Waals surface area contributed by atoms with Gasteiger partial charge in [-0.3, -0.25) is 4.79 Å². The predicted octanol–water partition coefficient (Wildman–Crippen LogP) is 6.68. The van der Waals surface area contributed by atoms with Crippen LogP contribution in [0.15, 0.2) is 39.5 Å². The van der Waals surface area contributed by atoms with Crippen LogP contribution in [0.1, 0.15) is 20.1 Å². The third-order valence-electron chi connectivity index (χ3n) is 3.78. The second-order valence-electron chi connectivity index (χ2n) is 5.49. The number of carbonyl (C=O) groups is 1. The highest BCUT2D eigenvalue weighted by Gasteiger charge is 2.36. The molecular formula is C17H8BrF3N2OS3. The van der Waals surface area contributed by atoms with Crippen molar-refractivity contribution in [3.05, 3.63) is 54.8 Å². The van der Waals surface area contributed by atoms with E-state index in [-0.39, 0.29) is 26.5 Å². The summed E-state index contributed by atoms with van der Waals surface area (Å²) in [5.74, 6) is -0.406. The monoisotopic (exact) mass is 488 g/mol. The van der Waals surface area contributed by atoms with Gasteiger partial charge in [-0.05, 0) is 45.6 Å². The van der Waals surface area contributed by atoms with Crippen molar-refractivity contribution in [3.8, 4) is 10.6 Å². The van der Waals surface area contributed by atoms with Gasteiger partial charge in [-0.1, -0.05) is 6.07 Å². The van der Waals surface area contributed by atoms with E-state index in [1.54, 1.807) is 29.6 Å². The fourth-order valence-corrected chi connectivity index (χ4v) is 5.77. The molecule has 0 saturated carbocycles. The van der Waals surface area contributed by atoms with Gasteiger partial charge in [0.25, 0.3) is 0 Å². The molecule has 2 N–H and O–H groups in total. The number of pyridine rings is 1. The van der Waals surface area contributed by atoms with Crippen molar-refractivity contribution in [1.82, 2.24) is 4.98 Å². The number of hydrogen-bond acceptors (Lipinski definition) is 6. The summed E-state index contributed by atoms with van der Waals surface area (Å²) in [6.07, 6.45) is -4.62. The minimum Gasteiger partial charge on any atom is -0.397 e. The van der Waals surface area contributed by atoms with Gasteiger partial charge in [0.1, 0.15) is 9.71 Å². The molecule has 3 nitrogen and oxygen atoms in total. The molecule has 0 atom stereocenters. The molecule has 0 aliphatic heterocycles. The quantitative estimate of drug-likeness (QED) is 0.327. The van der Waals surface area contributed by atoms with Gasteiger partial charge in [-0.15, -0.1) is 34.0 Å². The van der Waals surface area contributed by atoms with E-state index in [0.29, 0.717) is 9.75 Å². The molecule has 0 fully saturated rings. The van der Waals surface area contributed by atoms with E-state index in [2.05, 4.69) is 20.9 Å². The lowest BCUT2D eigenvalue weighted by Crippen LogP contribution is -2.08. The summed E-state index contributed by atoms with van der Waals surface area (Å²) in [6, 6.07) is 7.75. The van der Waals surface area contributed by atoms with Crippen molar-refractivity contribution in [2.24, 2.45) is 0 Å². The summed E-state index contributed by atoms with van der Waals surface area (Å²) >= 11 is 6.65. The topological polar surface area (TPSA) is 56.0 Å². The molecule has 27 heavy (non-hydrogen) atoms. The average molecular weight is 489 g/mol. The number of rotatable bonds is 3. The molecule has 4 aromatic rings. The van der Waals surface area contributed by atoms with E-state index in [0.717, 1.165) is 21.2 Å². The highest BCUT2D eigenvalue weighted by Crippen LogP contribution is 2.44. The fraction of sp³-hybridized carbons (Fsp3) is 0.0588. The number of halogens is 4. The Bertz CT molecular complexity index is 1160. The number of alkyl halides is 3. The smallest absolute Gasteiger partial charge is 0.397 e. The Labute approximate surface area is 171 Å². The second kappa shape index (κ2) is 6.69. The molecular weight excluding hydrogens is 481 g/mol. The van der Waals surface area contributed by atoms with Crippen LogP contribution in [0, 0.1) is 0 Å². The van der Waals surface area contributed by atoms with Gasteiger partial charge >= 0.3 is 6.18 Å². The van der Waals surface area contributed by atoms with Crippen LogP contribution in [0.25, 0.3) is 20.8 Å². The summed E-state index contributed by atoms with van der Waals surface area (Å²) < 4.78 is 41.8. The number of nitrogen functional groups attached to an aromatic ring is 1. The summed E-state index contributed by atoms with van der Waals surface area (Å²) in [7, 11) is 0. The summed E-state index contributed by atoms with van der Waals surface area (Å²) in [5, 5.41) is 1.55. The Morgan fingerprint density at radius 2 is 1.96 bits per heavy atom. The second-order valence-corrected chi connectivity index (χ2v) is 9.90. The molecule has 0 aromatic carbocycles. The minimum atomic E-state index is -4.62. The van der Waals surface area contributed by atoms with Crippen LogP contribution < -0.4 is 5.73 Å². The van der Waals surface area contributed by atoms with E-state index < -0.39 is 17.5 Å². The highest BCUT2D eigenvalue weighted by molar-refractivity contribution is 9.11. The molecule has 138 valence electrons. The zero-order valence-electron chi connectivity index (χ0n) is 13.1. The van der Waals surface area contributed by atoms with Crippen LogP contribution in [0.3, 0.4) is 0 Å². The number of carbonyl (C=O) groups excluding carboxylic acids is 1. The lowest BCUT2D eigenvalue weighted by molar-refractivity contribution is -0.136. The number of aromatic nitrogens is 1. The number of nitrogens with zero attached hydrogens (tertiary/aromatic N) is 1. The van der Waals surface area contributed by atoms with Crippen molar-refractivity contribution in [1.29, 1.82) is 0 Å². The Kier molecular flexibility index (Phi) is 4.61. The lowest BCUT2D eigenvalue weighted by Gasteiger charge is -2.10. The molecule has 0 saturated heterocycles. The first kappa shape index (κ1) is 18.6. The van der Waals surface area contributed by atoms with Gasteiger partial charge in [-0.25, -0.2) is 4.98 Å². The first-order chi connectivity index (χ1) is 12.8. The van der Waals surface area contributed by atoms with Crippen LogP contribution in [-0.2, 0) is 6.18 Å². The van der Waals surface area contributed by atoms with E-state index in [1.165, 1.54) is 22.7 Å². The average Bonchev–Trinajstić information content (AvgIpc) is 3.33. The first-order valence-corrected chi connectivity index (χ1v) is 10.7. The molecule has 0 bridgehead atoms. The van der Waals surface area contributed by atoms with Crippen molar-refractivity contribution in [3.63, 3.8) is 0 Å². The number of nitrogens with two attached hydrogens (primary N) is 1. The van der Waals surface area contributed by atoms with Crippen LogP contribution in [0.4, 0.5) is 18.9 Å². The molecule has 0 aliphatic carbocycles. The van der Waals surface area contributed by atoms with Crippen molar-refractivity contribution in [2.75, 3.05) is 5.73 Å². The fourth-order valence-electron chi connectivity index (χ4n) is 2.61. The Morgan fingerprint density at radius 1 is 1.19 bits per heavy atom. The standard InChI is InChI=1S/C17H8BrF3N2OS3/c18-11-4-3-10(26-11)14(24)15-13(22)12-7(17(19,20)21)6-8(23-16(12)27-15)9-2-1-5-25-9/h1-6H,22H2. The van der Waals surface area contributed by atoms with Gasteiger partial charge in [0, 0.05) is 5.39 Å². The van der Waals surface area contributed by atoms with E-state index in [9.17, 15) is 18.0 Å². The molecule has 4 rings (SSSR count). The summed E-state index contributed by atoms with van der Waals surface area (Å²) in [6.45, 7) is 0. The van der Waals surface area contributed by atoms with E-state index in [1.807, 2.05) is 0 Å². The van der Waals surface area contributed by atoms with Crippen molar-refractivity contribution in [2.45, 2.75) is 6.18 Å². The highest BCUT2D eigenvalue weighted by atomic mass is 79.9. The zero-order valence-corrected chi connectivity index (χ0v) is 17.2. The molecule has 0 spiro atoms. The third-order valence-corrected chi connectivity index (χ3v) is 7.39. The lowest BCUT2D eigenvalue weighted by atomic mass is 10.1. The van der Waals surface area contributed by atoms with Crippen molar-refractivity contribution >= 4 is 71.6 Å². The first-order valence-electron chi connectivity index (χ1n) is 7.40. The van der Waals surface area contributed by atoms with Gasteiger partial charge in [0.05, 0.1) is 30.5 Å². The molecule has 4 aromatic heterocycles. The van der Waals surface area contributed by atoms with Gasteiger partial charge in [-0.2, -0.15) is 13.2 Å². The maximum Gasteiger partial charge on any atom is 0.417 e. The maximum atomic E-state index is 13.7. The summed E-state index contributed by atoms with van der Waals surface area (Å²) in [5.41, 5.74) is 5.15. The van der Waals surface area contributed by atoms with Crippen molar-refractivity contribution < 1.29 is 18.0 Å². The maximum absolute atomic E-state index is 13.7. The van der Waals surface area contributed by atoms with Crippen LogP contribution in [-0.4, -0.2) is 10.8 Å². The zero-order chi connectivity index (χ0) is 19.3. The minimum absolute atomic E-state index is 0.0701. The number of fused-ring (bicyclic) bond motifs is 1. The van der Waals surface area contributed by atoms with Crippen LogP contribution >= 0.6 is 49.9 Å². The molecule has 0 amide bonds. The van der Waals surface area contributed by atoms with Gasteiger partial charge in [0.2, 0.25) is 5.78 Å². The van der Waals surface area contributed by atoms with E-state index >= 15 is 0 Å². The van der Waals surface area contributed by atoms with Crippen LogP contribution in [0.2, 0.25) is 0 Å².